The number of amides is 1. The highest BCUT2D eigenvalue weighted by atomic mass is 19.4. The van der Waals surface area contributed by atoms with Gasteiger partial charge in [-0.15, -0.1) is 0 Å². The van der Waals surface area contributed by atoms with E-state index in [0.717, 1.165) is 6.07 Å². The topological polar surface area (TPSA) is 53.9 Å². The third kappa shape index (κ3) is 3.95. The second-order valence-corrected chi connectivity index (χ2v) is 6.78. The predicted octanol–water partition coefficient (Wildman–Crippen LogP) is 4.12. The zero-order valence-electron chi connectivity index (χ0n) is 15.2. The molecule has 0 aromatic heterocycles. The summed E-state index contributed by atoms with van der Waals surface area (Å²) in [5, 5.41) is 2.54. The fourth-order valence-corrected chi connectivity index (χ4v) is 3.48. The third-order valence-corrected chi connectivity index (χ3v) is 4.90. The quantitative estimate of drug-likeness (QED) is 0.615. The van der Waals surface area contributed by atoms with E-state index in [-0.39, 0.29) is 11.4 Å². The molecular formula is C20H17F4N3O2. The first-order valence-electron chi connectivity index (χ1n) is 9.01. The number of fused-ring (bicyclic) bond motifs is 1. The largest absolute Gasteiger partial charge is 0.418 e. The van der Waals surface area contributed by atoms with Gasteiger partial charge in [-0.05, 0) is 35.9 Å². The van der Waals surface area contributed by atoms with Crippen LogP contribution in [0.5, 0.6) is 0 Å². The third-order valence-electron chi connectivity index (χ3n) is 4.90. The van der Waals surface area contributed by atoms with Crippen LogP contribution in [0.15, 0.2) is 41.4 Å². The van der Waals surface area contributed by atoms with E-state index in [4.69, 9.17) is 4.74 Å². The number of hydrogen-bond acceptors (Lipinski definition) is 4. The van der Waals surface area contributed by atoms with Crippen LogP contribution in [0.3, 0.4) is 0 Å². The lowest BCUT2D eigenvalue weighted by atomic mass is 10.0. The maximum Gasteiger partial charge on any atom is 0.418 e. The molecule has 0 saturated carbocycles. The summed E-state index contributed by atoms with van der Waals surface area (Å²) in [4.78, 5) is 17.9. The van der Waals surface area contributed by atoms with Gasteiger partial charge in [0, 0.05) is 30.7 Å². The van der Waals surface area contributed by atoms with Gasteiger partial charge in [0.1, 0.15) is 11.7 Å². The number of carbonyl (C=O) groups is 1. The first-order valence-corrected chi connectivity index (χ1v) is 9.01. The molecule has 2 heterocycles. The Bertz CT molecular complexity index is 969. The molecule has 2 aliphatic rings. The van der Waals surface area contributed by atoms with Crippen LogP contribution in [0.2, 0.25) is 0 Å². The number of rotatable bonds is 3. The van der Waals surface area contributed by atoms with Crippen LogP contribution in [0, 0.1) is 5.82 Å². The highest BCUT2D eigenvalue weighted by molar-refractivity contribution is 6.12. The number of alkyl halides is 3. The van der Waals surface area contributed by atoms with Crippen LogP contribution in [0.25, 0.3) is 0 Å². The van der Waals surface area contributed by atoms with Crippen molar-refractivity contribution in [1.82, 2.24) is 0 Å². The Morgan fingerprint density at radius 1 is 1.14 bits per heavy atom. The number of carbonyl (C=O) groups excluding carboxylic acids is 1. The molecular weight excluding hydrogens is 390 g/mol. The van der Waals surface area contributed by atoms with Gasteiger partial charge in [-0.1, -0.05) is 6.07 Å². The van der Waals surface area contributed by atoms with Crippen molar-refractivity contribution in [1.29, 1.82) is 0 Å². The number of morpholine rings is 1. The van der Waals surface area contributed by atoms with E-state index in [1.165, 1.54) is 36.5 Å². The standard InChI is InChI=1S/C20H17F4N3O2/c21-12-1-3-14-15(19(28)26-17(14)9-12)11-25-13-2-4-18(16(10-13)20(22,23)24)27-5-7-29-8-6-27/h1-4,9-11,15H,5-8H2,(H,26,28). The minimum Gasteiger partial charge on any atom is -0.378 e. The molecule has 1 saturated heterocycles. The molecule has 9 heteroatoms. The summed E-state index contributed by atoms with van der Waals surface area (Å²) in [5.41, 5.74) is 0.246. The molecule has 1 N–H and O–H groups in total. The van der Waals surface area contributed by atoms with Crippen molar-refractivity contribution >= 4 is 29.2 Å². The second kappa shape index (κ2) is 7.47. The van der Waals surface area contributed by atoms with Crippen molar-refractivity contribution in [3.05, 3.63) is 53.3 Å². The van der Waals surface area contributed by atoms with Gasteiger partial charge >= 0.3 is 6.18 Å². The highest BCUT2D eigenvalue weighted by Gasteiger charge is 2.36. The van der Waals surface area contributed by atoms with Gasteiger partial charge in [0.25, 0.3) is 0 Å². The Morgan fingerprint density at radius 3 is 2.62 bits per heavy atom. The molecule has 2 aliphatic heterocycles. The molecule has 1 amide bonds. The summed E-state index contributed by atoms with van der Waals surface area (Å²) in [5.74, 6) is -1.69. The number of nitrogens with one attached hydrogen (secondary N) is 1. The van der Waals surface area contributed by atoms with Gasteiger partial charge in [-0.2, -0.15) is 13.2 Å². The fraction of sp³-hybridized carbons (Fsp3) is 0.300. The van der Waals surface area contributed by atoms with Gasteiger partial charge in [0.2, 0.25) is 5.91 Å². The Labute approximate surface area is 164 Å². The molecule has 1 unspecified atom stereocenters. The molecule has 1 atom stereocenters. The maximum absolute atomic E-state index is 13.6. The van der Waals surface area contributed by atoms with Gasteiger partial charge in [0.05, 0.1) is 24.5 Å². The van der Waals surface area contributed by atoms with Crippen LogP contribution < -0.4 is 10.2 Å². The Balaban J connectivity index is 1.63. The second-order valence-electron chi connectivity index (χ2n) is 6.78. The van der Waals surface area contributed by atoms with E-state index in [1.807, 2.05) is 0 Å². The van der Waals surface area contributed by atoms with Crippen LogP contribution in [0.1, 0.15) is 17.0 Å². The number of aliphatic imine (C=N–C) groups is 1. The van der Waals surface area contributed by atoms with E-state index in [2.05, 4.69) is 10.3 Å². The SMILES string of the molecule is O=C1Nc2cc(F)ccc2C1C=Nc1ccc(N2CCOCC2)c(C(F)(F)F)c1. The monoisotopic (exact) mass is 407 g/mol. The number of benzene rings is 2. The van der Waals surface area contributed by atoms with E-state index < -0.39 is 29.4 Å². The Kier molecular flexibility index (Phi) is 4.99. The Hall–Kier alpha value is -2.94. The van der Waals surface area contributed by atoms with Crippen molar-refractivity contribution < 1.29 is 27.1 Å². The Morgan fingerprint density at radius 2 is 1.90 bits per heavy atom. The minimum absolute atomic E-state index is 0.0812. The zero-order chi connectivity index (χ0) is 20.6. The average Bonchev–Trinajstić information content (AvgIpc) is 3.00. The van der Waals surface area contributed by atoms with E-state index in [9.17, 15) is 22.4 Å². The lowest BCUT2D eigenvalue weighted by Crippen LogP contribution is -2.37. The molecule has 0 spiro atoms. The van der Waals surface area contributed by atoms with Crippen molar-refractivity contribution in [3.8, 4) is 0 Å². The maximum atomic E-state index is 13.6. The summed E-state index contributed by atoms with van der Waals surface area (Å²) in [6.07, 6.45) is -3.27. The zero-order valence-corrected chi connectivity index (χ0v) is 15.2. The molecule has 29 heavy (non-hydrogen) atoms. The smallest absolute Gasteiger partial charge is 0.378 e. The summed E-state index contributed by atoms with van der Waals surface area (Å²) in [6.45, 7) is 1.49. The number of anilines is 2. The molecule has 1 fully saturated rings. The molecule has 0 radical (unpaired) electrons. The number of halogens is 4. The number of hydrogen-bond donors (Lipinski definition) is 1. The molecule has 152 valence electrons. The van der Waals surface area contributed by atoms with Crippen LogP contribution in [-0.4, -0.2) is 38.4 Å². The number of nitrogens with zero attached hydrogens (tertiary/aromatic N) is 2. The van der Waals surface area contributed by atoms with Crippen molar-refractivity contribution in [3.63, 3.8) is 0 Å². The lowest BCUT2D eigenvalue weighted by molar-refractivity contribution is -0.137. The van der Waals surface area contributed by atoms with E-state index in [1.54, 1.807) is 4.90 Å². The molecule has 0 aliphatic carbocycles. The van der Waals surface area contributed by atoms with Crippen LogP contribution in [0.4, 0.5) is 34.6 Å². The van der Waals surface area contributed by atoms with Crippen LogP contribution >= 0.6 is 0 Å². The predicted molar refractivity (Wildman–Crippen MR) is 100 cm³/mol. The van der Waals surface area contributed by atoms with Crippen molar-refractivity contribution in [2.75, 3.05) is 36.5 Å². The summed E-state index contributed by atoms with van der Waals surface area (Å²) >= 11 is 0. The van der Waals surface area contributed by atoms with Gasteiger partial charge in [0.15, 0.2) is 0 Å². The molecule has 2 aromatic rings. The molecule has 5 nitrogen and oxygen atoms in total. The minimum atomic E-state index is -4.55. The number of ether oxygens (including phenoxy) is 1. The first kappa shape index (κ1) is 19.4. The van der Waals surface area contributed by atoms with Gasteiger partial charge < -0.3 is 15.0 Å². The summed E-state index contributed by atoms with van der Waals surface area (Å²) < 4.78 is 59.4. The highest BCUT2D eigenvalue weighted by Crippen LogP contribution is 2.39. The summed E-state index contributed by atoms with van der Waals surface area (Å²) in [6, 6.07) is 7.72. The average molecular weight is 407 g/mol. The van der Waals surface area contributed by atoms with E-state index >= 15 is 0 Å². The van der Waals surface area contributed by atoms with E-state index in [0.29, 0.717) is 37.6 Å². The molecule has 4 rings (SSSR count). The normalized spacial score (nSPS) is 19.5. The summed E-state index contributed by atoms with van der Waals surface area (Å²) in [7, 11) is 0. The van der Waals surface area contributed by atoms with Crippen molar-refractivity contribution in [2.24, 2.45) is 4.99 Å². The van der Waals surface area contributed by atoms with Gasteiger partial charge in [-0.25, -0.2) is 4.39 Å². The van der Waals surface area contributed by atoms with Crippen molar-refractivity contribution in [2.45, 2.75) is 12.1 Å². The molecule has 2 aromatic carbocycles. The first-order chi connectivity index (χ1) is 13.8. The molecule has 0 bridgehead atoms. The van der Waals surface area contributed by atoms with Gasteiger partial charge in [-0.3, -0.25) is 9.79 Å². The van der Waals surface area contributed by atoms with Crippen LogP contribution in [-0.2, 0) is 15.7 Å². The fourth-order valence-electron chi connectivity index (χ4n) is 3.48. The lowest BCUT2D eigenvalue weighted by Gasteiger charge is -2.31.